The summed E-state index contributed by atoms with van der Waals surface area (Å²) in [5.74, 6) is 0. The molecule has 2 rings (SSSR count). The lowest BCUT2D eigenvalue weighted by molar-refractivity contribution is -0.0630. The van der Waals surface area contributed by atoms with Crippen molar-refractivity contribution in [3.8, 4) is 0 Å². The van der Waals surface area contributed by atoms with Crippen LogP contribution < -0.4 is 0 Å². The van der Waals surface area contributed by atoms with Crippen LogP contribution in [0.5, 0.6) is 0 Å². The van der Waals surface area contributed by atoms with Crippen LogP contribution in [0.25, 0.3) is 10.8 Å². The van der Waals surface area contributed by atoms with Crippen molar-refractivity contribution in [2.45, 2.75) is 45.8 Å². The molecule has 2 aromatic carbocycles. The van der Waals surface area contributed by atoms with Gasteiger partial charge in [0.25, 0.3) is 0 Å². The largest absolute Gasteiger partial charge is 0.368 e. The van der Waals surface area contributed by atoms with Gasteiger partial charge >= 0.3 is 0 Å². The van der Waals surface area contributed by atoms with Crippen LogP contribution in [0.4, 0.5) is 0 Å². The summed E-state index contributed by atoms with van der Waals surface area (Å²) in [6.45, 7) is 8.50. The van der Waals surface area contributed by atoms with E-state index in [1.807, 2.05) is 0 Å². The lowest BCUT2D eigenvalue weighted by atomic mass is 10.0. The summed E-state index contributed by atoms with van der Waals surface area (Å²) in [6.07, 6.45) is 1.17. The van der Waals surface area contributed by atoms with Crippen LogP contribution in [0.1, 0.15) is 45.8 Å². The van der Waals surface area contributed by atoms with Crippen LogP contribution in [0.2, 0.25) is 0 Å². The van der Waals surface area contributed by atoms with E-state index in [4.69, 9.17) is 4.74 Å². The van der Waals surface area contributed by atoms with Crippen molar-refractivity contribution in [2.75, 3.05) is 0 Å². The Hall–Kier alpha value is -1.34. The lowest BCUT2D eigenvalue weighted by Gasteiger charge is -2.27. The van der Waals surface area contributed by atoms with Crippen LogP contribution in [-0.2, 0) is 4.74 Å². The van der Waals surface area contributed by atoms with E-state index < -0.39 is 0 Å². The number of ether oxygens (including phenoxy) is 1. The van der Waals surface area contributed by atoms with Gasteiger partial charge in [-0.3, -0.25) is 0 Å². The zero-order chi connectivity index (χ0) is 13.2. The van der Waals surface area contributed by atoms with E-state index in [-0.39, 0.29) is 11.7 Å². The van der Waals surface area contributed by atoms with E-state index in [1.165, 1.54) is 16.3 Å². The Balaban J connectivity index is 2.33. The first-order valence-corrected chi connectivity index (χ1v) is 6.66. The number of fused-ring (bicyclic) bond motifs is 1. The molecule has 0 amide bonds. The van der Waals surface area contributed by atoms with Gasteiger partial charge in [-0.05, 0) is 49.6 Å². The van der Waals surface area contributed by atoms with Crippen LogP contribution in [-0.4, -0.2) is 5.60 Å². The molecular weight excluding hydrogens is 220 g/mol. The Kier molecular flexibility index (Phi) is 3.72. The summed E-state index contributed by atoms with van der Waals surface area (Å²) in [5, 5.41) is 2.57. The van der Waals surface area contributed by atoms with Gasteiger partial charge in [-0.15, -0.1) is 0 Å². The SMILES string of the molecule is CCC(OC(C)(C)C)c1ccc2ccccc2c1. The van der Waals surface area contributed by atoms with Crippen molar-refractivity contribution in [3.63, 3.8) is 0 Å². The zero-order valence-electron chi connectivity index (χ0n) is 11.7. The third-order valence-electron chi connectivity index (χ3n) is 3.01. The van der Waals surface area contributed by atoms with Crippen LogP contribution in [0, 0.1) is 0 Å². The van der Waals surface area contributed by atoms with Crippen molar-refractivity contribution in [1.29, 1.82) is 0 Å². The first-order valence-electron chi connectivity index (χ1n) is 6.66. The Morgan fingerprint density at radius 1 is 1.00 bits per heavy atom. The topological polar surface area (TPSA) is 9.23 Å². The highest BCUT2D eigenvalue weighted by molar-refractivity contribution is 5.83. The van der Waals surface area contributed by atoms with Gasteiger partial charge in [0.05, 0.1) is 11.7 Å². The number of hydrogen-bond acceptors (Lipinski definition) is 1. The van der Waals surface area contributed by atoms with Crippen molar-refractivity contribution in [3.05, 3.63) is 48.0 Å². The minimum Gasteiger partial charge on any atom is -0.368 e. The number of benzene rings is 2. The van der Waals surface area contributed by atoms with Crippen molar-refractivity contribution >= 4 is 10.8 Å². The maximum atomic E-state index is 6.12. The summed E-state index contributed by atoms with van der Waals surface area (Å²) in [4.78, 5) is 0. The number of hydrogen-bond donors (Lipinski definition) is 0. The molecule has 0 bridgehead atoms. The summed E-state index contributed by atoms with van der Waals surface area (Å²) < 4.78 is 6.12. The highest BCUT2D eigenvalue weighted by Crippen LogP contribution is 2.28. The van der Waals surface area contributed by atoms with E-state index in [0.717, 1.165) is 6.42 Å². The van der Waals surface area contributed by atoms with Gasteiger partial charge in [-0.2, -0.15) is 0 Å². The summed E-state index contributed by atoms with van der Waals surface area (Å²) >= 11 is 0. The molecule has 0 aliphatic heterocycles. The Morgan fingerprint density at radius 3 is 2.28 bits per heavy atom. The first-order chi connectivity index (χ1) is 8.49. The van der Waals surface area contributed by atoms with Crippen molar-refractivity contribution in [1.82, 2.24) is 0 Å². The highest BCUT2D eigenvalue weighted by atomic mass is 16.5. The fourth-order valence-corrected chi connectivity index (χ4v) is 2.22. The third-order valence-corrected chi connectivity index (χ3v) is 3.01. The van der Waals surface area contributed by atoms with Gasteiger partial charge in [0.1, 0.15) is 0 Å². The average molecular weight is 242 g/mol. The quantitative estimate of drug-likeness (QED) is 0.727. The van der Waals surface area contributed by atoms with E-state index in [0.29, 0.717) is 0 Å². The second-order valence-corrected chi connectivity index (χ2v) is 5.73. The van der Waals surface area contributed by atoms with Gasteiger partial charge in [0.2, 0.25) is 0 Å². The van der Waals surface area contributed by atoms with Crippen LogP contribution >= 0.6 is 0 Å². The smallest absolute Gasteiger partial charge is 0.0829 e. The normalized spacial score (nSPS) is 13.8. The molecule has 1 heteroatoms. The average Bonchev–Trinajstić information content (AvgIpc) is 2.34. The van der Waals surface area contributed by atoms with E-state index in [9.17, 15) is 0 Å². The first kappa shape index (κ1) is 13.1. The molecule has 18 heavy (non-hydrogen) atoms. The standard InChI is InChI=1S/C17H22O/c1-5-16(18-17(2,3)4)15-11-10-13-8-6-7-9-14(13)12-15/h6-12,16H,5H2,1-4H3. The maximum absolute atomic E-state index is 6.12. The third kappa shape index (κ3) is 3.11. The molecule has 1 unspecified atom stereocenters. The Bertz CT molecular complexity index is 522. The fraction of sp³-hybridized carbons (Fsp3) is 0.412. The van der Waals surface area contributed by atoms with E-state index in [2.05, 4.69) is 70.2 Å². The Labute approximate surface area is 110 Å². The molecule has 0 heterocycles. The second kappa shape index (κ2) is 5.11. The lowest BCUT2D eigenvalue weighted by Crippen LogP contribution is -2.22. The van der Waals surface area contributed by atoms with E-state index in [1.54, 1.807) is 0 Å². The van der Waals surface area contributed by atoms with Gasteiger partial charge in [-0.1, -0.05) is 43.3 Å². The predicted octanol–water partition coefficient (Wildman–Crippen LogP) is 5.11. The minimum absolute atomic E-state index is 0.105. The molecule has 0 aliphatic carbocycles. The zero-order valence-corrected chi connectivity index (χ0v) is 11.7. The molecular formula is C17H22O. The van der Waals surface area contributed by atoms with Crippen molar-refractivity contribution < 1.29 is 4.74 Å². The molecule has 1 nitrogen and oxygen atoms in total. The van der Waals surface area contributed by atoms with Gasteiger partial charge in [0.15, 0.2) is 0 Å². The molecule has 1 atom stereocenters. The van der Waals surface area contributed by atoms with Crippen LogP contribution in [0.15, 0.2) is 42.5 Å². The molecule has 0 saturated carbocycles. The summed E-state index contributed by atoms with van der Waals surface area (Å²) in [6, 6.07) is 15.1. The highest BCUT2D eigenvalue weighted by Gasteiger charge is 2.18. The molecule has 96 valence electrons. The molecule has 0 spiro atoms. The molecule has 0 fully saturated rings. The maximum Gasteiger partial charge on any atom is 0.0829 e. The molecule has 0 aromatic heterocycles. The minimum atomic E-state index is -0.105. The molecule has 0 saturated heterocycles. The number of rotatable bonds is 3. The fourth-order valence-electron chi connectivity index (χ4n) is 2.22. The van der Waals surface area contributed by atoms with Crippen LogP contribution in [0.3, 0.4) is 0 Å². The summed E-state index contributed by atoms with van der Waals surface area (Å²) in [5.41, 5.74) is 1.16. The van der Waals surface area contributed by atoms with Crippen molar-refractivity contribution in [2.24, 2.45) is 0 Å². The second-order valence-electron chi connectivity index (χ2n) is 5.73. The van der Waals surface area contributed by atoms with Gasteiger partial charge < -0.3 is 4.74 Å². The molecule has 0 radical (unpaired) electrons. The van der Waals surface area contributed by atoms with Gasteiger partial charge in [-0.25, -0.2) is 0 Å². The monoisotopic (exact) mass is 242 g/mol. The molecule has 0 aliphatic rings. The van der Waals surface area contributed by atoms with Gasteiger partial charge in [0, 0.05) is 0 Å². The molecule has 2 aromatic rings. The molecule has 0 N–H and O–H groups in total. The van der Waals surface area contributed by atoms with E-state index >= 15 is 0 Å². The Morgan fingerprint density at radius 2 is 1.67 bits per heavy atom. The predicted molar refractivity (Wildman–Crippen MR) is 77.8 cm³/mol. The summed E-state index contributed by atoms with van der Waals surface area (Å²) in [7, 11) is 0.